The maximum atomic E-state index is 11.6. The normalized spacial score (nSPS) is 16.4. The molecule has 1 fully saturated rings. The molecule has 0 radical (unpaired) electrons. The highest BCUT2D eigenvalue weighted by Gasteiger charge is 2.17. The third-order valence-corrected chi connectivity index (χ3v) is 3.38. The van der Waals surface area contributed by atoms with Gasteiger partial charge in [-0.15, -0.1) is 11.3 Å². The number of rotatable bonds is 3. The summed E-state index contributed by atoms with van der Waals surface area (Å²) in [5.74, 6) is 0.690. The minimum atomic E-state index is 0.0648. The predicted molar refractivity (Wildman–Crippen MR) is 57.7 cm³/mol. The van der Waals surface area contributed by atoms with Gasteiger partial charge in [-0.25, -0.2) is 0 Å². The first kappa shape index (κ1) is 9.68. The number of hydrogen-bond acceptors (Lipinski definition) is 3. The van der Waals surface area contributed by atoms with Crippen LogP contribution >= 0.6 is 11.3 Å². The number of carbonyl (C=O) groups excluding carboxylic acids is 1. The standard InChI is InChI=1S/C10H14N2OS/c1-7-2-3-9(14-7)10(13)12-6-8-4-11-5-8/h2-3,8,11H,4-6H2,1H3,(H,12,13). The zero-order valence-corrected chi connectivity index (χ0v) is 8.99. The summed E-state index contributed by atoms with van der Waals surface area (Å²) in [5, 5.41) is 6.13. The summed E-state index contributed by atoms with van der Waals surface area (Å²) >= 11 is 1.55. The largest absolute Gasteiger partial charge is 0.351 e. The van der Waals surface area contributed by atoms with Gasteiger partial charge in [-0.1, -0.05) is 0 Å². The summed E-state index contributed by atoms with van der Waals surface area (Å²) < 4.78 is 0. The maximum absolute atomic E-state index is 11.6. The number of amides is 1. The van der Waals surface area contributed by atoms with Crippen LogP contribution in [0, 0.1) is 12.8 Å². The second-order valence-corrected chi connectivity index (χ2v) is 4.93. The molecule has 0 saturated carbocycles. The van der Waals surface area contributed by atoms with Gasteiger partial charge in [0.2, 0.25) is 0 Å². The quantitative estimate of drug-likeness (QED) is 0.781. The molecule has 0 unspecified atom stereocenters. The van der Waals surface area contributed by atoms with Crippen LogP contribution in [-0.4, -0.2) is 25.5 Å². The van der Waals surface area contributed by atoms with Crippen LogP contribution in [0.3, 0.4) is 0 Å². The van der Waals surface area contributed by atoms with Crippen molar-refractivity contribution in [1.82, 2.24) is 10.6 Å². The molecular weight excluding hydrogens is 196 g/mol. The Kier molecular flexibility index (Phi) is 2.84. The smallest absolute Gasteiger partial charge is 0.261 e. The van der Waals surface area contributed by atoms with Crippen molar-refractivity contribution < 1.29 is 4.79 Å². The van der Waals surface area contributed by atoms with Crippen molar-refractivity contribution in [1.29, 1.82) is 0 Å². The van der Waals surface area contributed by atoms with Gasteiger partial charge in [0.1, 0.15) is 0 Å². The number of aryl methyl sites for hydroxylation is 1. The van der Waals surface area contributed by atoms with Crippen LogP contribution in [0.5, 0.6) is 0 Å². The molecule has 0 bridgehead atoms. The summed E-state index contributed by atoms with van der Waals surface area (Å²) in [6.07, 6.45) is 0. The van der Waals surface area contributed by atoms with E-state index in [4.69, 9.17) is 0 Å². The number of nitrogens with one attached hydrogen (secondary N) is 2. The second-order valence-electron chi connectivity index (χ2n) is 3.64. The fraction of sp³-hybridized carbons (Fsp3) is 0.500. The summed E-state index contributed by atoms with van der Waals surface area (Å²) in [7, 11) is 0. The van der Waals surface area contributed by atoms with E-state index in [2.05, 4.69) is 10.6 Å². The molecule has 2 heterocycles. The van der Waals surface area contributed by atoms with Gasteiger partial charge in [-0.2, -0.15) is 0 Å². The minimum absolute atomic E-state index is 0.0648. The van der Waals surface area contributed by atoms with Crippen LogP contribution in [-0.2, 0) is 0 Å². The summed E-state index contributed by atoms with van der Waals surface area (Å²) in [6, 6.07) is 3.86. The van der Waals surface area contributed by atoms with E-state index >= 15 is 0 Å². The molecule has 1 aromatic heterocycles. The van der Waals surface area contributed by atoms with Gasteiger partial charge in [0.25, 0.3) is 5.91 Å². The molecule has 0 aromatic carbocycles. The Labute approximate surface area is 87.5 Å². The summed E-state index contributed by atoms with van der Waals surface area (Å²) in [6.45, 7) is 4.87. The zero-order chi connectivity index (χ0) is 9.97. The van der Waals surface area contributed by atoms with E-state index in [1.54, 1.807) is 11.3 Å². The molecule has 2 rings (SSSR count). The van der Waals surface area contributed by atoms with Crippen LogP contribution < -0.4 is 10.6 Å². The number of carbonyl (C=O) groups is 1. The van der Waals surface area contributed by atoms with E-state index in [0.717, 1.165) is 24.5 Å². The van der Waals surface area contributed by atoms with Crippen LogP contribution in [0.2, 0.25) is 0 Å². The van der Waals surface area contributed by atoms with Crippen molar-refractivity contribution in [3.63, 3.8) is 0 Å². The highest BCUT2D eigenvalue weighted by molar-refractivity contribution is 7.13. The first-order valence-electron chi connectivity index (χ1n) is 4.81. The van der Waals surface area contributed by atoms with Gasteiger partial charge in [0.15, 0.2) is 0 Å². The van der Waals surface area contributed by atoms with Crippen molar-refractivity contribution in [2.45, 2.75) is 6.92 Å². The second kappa shape index (κ2) is 4.11. The Morgan fingerprint density at radius 1 is 1.64 bits per heavy atom. The van der Waals surface area contributed by atoms with E-state index < -0.39 is 0 Å². The summed E-state index contributed by atoms with van der Waals surface area (Å²) in [5.41, 5.74) is 0. The highest BCUT2D eigenvalue weighted by atomic mass is 32.1. The monoisotopic (exact) mass is 210 g/mol. The third-order valence-electron chi connectivity index (χ3n) is 2.38. The van der Waals surface area contributed by atoms with Crippen LogP contribution in [0.1, 0.15) is 14.5 Å². The fourth-order valence-corrected chi connectivity index (χ4v) is 2.16. The molecular formula is C10H14N2OS. The number of hydrogen-bond donors (Lipinski definition) is 2. The minimum Gasteiger partial charge on any atom is -0.351 e. The van der Waals surface area contributed by atoms with Crippen LogP contribution in [0.25, 0.3) is 0 Å². The van der Waals surface area contributed by atoms with Crippen LogP contribution in [0.15, 0.2) is 12.1 Å². The molecule has 1 aromatic rings. The lowest BCUT2D eigenvalue weighted by atomic mass is 10.0. The Hall–Kier alpha value is -0.870. The summed E-state index contributed by atoms with van der Waals surface area (Å²) in [4.78, 5) is 13.6. The van der Waals surface area contributed by atoms with E-state index in [9.17, 15) is 4.79 Å². The first-order chi connectivity index (χ1) is 6.75. The molecule has 0 atom stereocenters. The molecule has 4 heteroatoms. The Morgan fingerprint density at radius 2 is 2.43 bits per heavy atom. The predicted octanol–water partition coefficient (Wildman–Crippen LogP) is 1.01. The average Bonchev–Trinajstić information content (AvgIpc) is 2.49. The SMILES string of the molecule is Cc1ccc(C(=O)NCC2CNC2)s1. The highest BCUT2D eigenvalue weighted by Crippen LogP contribution is 2.14. The molecule has 14 heavy (non-hydrogen) atoms. The maximum Gasteiger partial charge on any atom is 0.261 e. The molecule has 2 N–H and O–H groups in total. The molecule has 1 amide bonds. The lowest BCUT2D eigenvalue weighted by Crippen LogP contribution is -2.48. The van der Waals surface area contributed by atoms with Gasteiger partial charge in [-0.3, -0.25) is 4.79 Å². The van der Waals surface area contributed by atoms with Crippen molar-refractivity contribution in [3.8, 4) is 0 Å². The molecule has 1 aliphatic heterocycles. The van der Waals surface area contributed by atoms with Gasteiger partial charge < -0.3 is 10.6 Å². The van der Waals surface area contributed by atoms with E-state index in [0.29, 0.717) is 5.92 Å². The molecule has 1 saturated heterocycles. The van der Waals surface area contributed by atoms with Crippen molar-refractivity contribution in [2.24, 2.45) is 5.92 Å². The van der Waals surface area contributed by atoms with Crippen LogP contribution in [0.4, 0.5) is 0 Å². The van der Waals surface area contributed by atoms with E-state index in [1.165, 1.54) is 4.88 Å². The first-order valence-corrected chi connectivity index (χ1v) is 5.62. The van der Waals surface area contributed by atoms with E-state index in [-0.39, 0.29) is 5.91 Å². The van der Waals surface area contributed by atoms with E-state index in [1.807, 2.05) is 19.1 Å². The lowest BCUT2D eigenvalue weighted by Gasteiger charge is -2.26. The molecule has 76 valence electrons. The van der Waals surface area contributed by atoms with Gasteiger partial charge in [0, 0.05) is 30.4 Å². The molecule has 3 nitrogen and oxygen atoms in total. The third kappa shape index (κ3) is 2.13. The van der Waals surface area contributed by atoms with Crippen molar-refractivity contribution >= 4 is 17.2 Å². The fourth-order valence-electron chi connectivity index (χ4n) is 1.37. The van der Waals surface area contributed by atoms with Gasteiger partial charge >= 0.3 is 0 Å². The molecule has 1 aliphatic rings. The van der Waals surface area contributed by atoms with Crippen molar-refractivity contribution in [2.75, 3.05) is 19.6 Å². The topological polar surface area (TPSA) is 41.1 Å². The Bertz CT molecular complexity index is 331. The Balaban J connectivity index is 1.82. The molecule has 0 spiro atoms. The van der Waals surface area contributed by atoms with Crippen molar-refractivity contribution in [3.05, 3.63) is 21.9 Å². The number of thiophene rings is 1. The Morgan fingerprint density at radius 3 is 2.93 bits per heavy atom. The average molecular weight is 210 g/mol. The molecule has 0 aliphatic carbocycles. The van der Waals surface area contributed by atoms with Gasteiger partial charge in [-0.05, 0) is 19.1 Å². The van der Waals surface area contributed by atoms with Gasteiger partial charge in [0.05, 0.1) is 4.88 Å². The lowest BCUT2D eigenvalue weighted by molar-refractivity contribution is 0.0946. The zero-order valence-electron chi connectivity index (χ0n) is 8.17.